The third-order valence-electron chi connectivity index (χ3n) is 4.51. The highest BCUT2D eigenvalue weighted by Crippen LogP contribution is 2.29. The van der Waals surface area contributed by atoms with E-state index in [0.717, 1.165) is 30.3 Å². The third kappa shape index (κ3) is 3.43. The van der Waals surface area contributed by atoms with Crippen LogP contribution in [0, 0.1) is 23.3 Å². The van der Waals surface area contributed by atoms with Crippen molar-refractivity contribution < 1.29 is 22.4 Å². The summed E-state index contributed by atoms with van der Waals surface area (Å²) in [4.78, 5) is 24.6. The Hall–Kier alpha value is -3.94. The van der Waals surface area contributed by atoms with Gasteiger partial charge in [0.2, 0.25) is 0 Å². The Morgan fingerprint density at radius 1 is 0.833 bits per heavy atom. The number of anilines is 1. The first-order valence-electron chi connectivity index (χ1n) is 8.71. The molecule has 0 spiro atoms. The number of halogens is 4. The van der Waals surface area contributed by atoms with Crippen LogP contribution in [-0.4, -0.2) is 10.3 Å². The first-order chi connectivity index (χ1) is 14.3. The fraction of sp³-hybridized carbons (Fsp3) is 0. The Balaban J connectivity index is 1.94. The van der Waals surface area contributed by atoms with Gasteiger partial charge in [-0.2, -0.15) is 0 Å². The van der Waals surface area contributed by atoms with Crippen LogP contribution in [-0.2, 0) is 0 Å². The molecule has 0 aliphatic rings. The highest BCUT2D eigenvalue weighted by atomic mass is 19.1. The number of para-hydroxylation sites is 1. The van der Waals surface area contributed by atoms with E-state index in [-0.39, 0.29) is 22.2 Å². The van der Waals surface area contributed by atoms with E-state index in [2.05, 4.69) is 5.32 Å². The summed E-state index contributed by atoms with van der Waals surface area (Å²) >= 11 is 0. The molecule has 30 heavy (non-hydrogen) atoms. The Labute approximate surface area is 167 Å². The maximum Gasteiger partial charge on any atom is 0.257 e. The van der Waals surface area contributed by atoms with Crippen LogP contribution in [0.5, 0.6) is 0 Å². The van der Waals surface area contributed by atoms with Crippen molar-refractivity contribution in [3.8, 4) is 11.3 Å². The summed E-state index contributed by atoms with van der Waals surface area (Å²) in [7, 11) is 0. The lowest BCUT2D eigenvalue weighted by molar-refractivity contribution is 0.102. The largest absolute Gasteiger partial charge is 0.317 e. The number of benzene rings is 2. The van der Waals surface area contributed by atoms with Crippen molar-refractivity contribution in [1.29, 1.82) is 0 Å². The van der Waals surface area contributed by atoms with E-state index in [1.54, 1.807) is 0 Å². The first kappa shape index (κ1) is 19.4. The maximum absolute atomic E-state index is 14.6. The molecule has 2 aromatic carbocycles. The summed E-state index contributed by atoms with van der Waals surface area (Å²) in [5, 5.41) is 2.15. The van der Waals surface area contributed by atoms with E-state index in [4.69, 9.17) is 0 Å². The monoisotopic (exact) mass is 412 g/mol. The summed E-state index contributed by atoms with van der Waals surface area (Å²) in [5.41, 5.74) is -0.919. The maximum atomic E-state index is 14.6. The normalized spacial score (nSPS) is 10.9. The van der Waals surface area contributed by atoms with Gasteiger partial charge in [-0.05, 0) is 36.4 Å². The number of hydrogen-bond acceptors (Lipinski definition) is 2. The van der Waals surface area contributed by atoms with E-state index >= 15 is 0 Å². The molecule has 0 bridgehead atoms. The molecular weight excluding hydrogens is 400 g/mol. The van der Waals surface area contributed by atoms with Crippen molar-refractivity contribution in [3.05, 3.63) is 106 Å². The number of fused-ring (bicyclic) bond motifs is 1. The minimum atomic E-state index is -0.984. The topological polar surface area (TPSA) is 50.6 Å². The van der Waals surface area contributed by atoms with E-state index in [0.29, 0.717) is 11.6 Å². The standard InChI is InChI=1S/C22H12F4N2O2/c23-12-4-6-15(19(26)10-12)21-16(7-5-13-11-14(29)8-9-28(13)21)22(30)27-20-17(24)2-1-3-18(20)25/h1-11H,(H,27,30). The molecule has 0 saturated heterocycles. The first-order valence-corrected chi connectivity index (χ1v) is 8.71. The second-order valence-electron chi connectivity index (χ2n) is 6.43. The van der Waals surface area contributed by atoms with E-state index in [1.807, 2.05) is 0 Å². The van der Waals surface area contributed by atoms with Crippen molar-refractivity contribution >= 4 is 17.1 Å². The van der Waals surface area contributed by atoms with E-state index in [1.165, 1.54) is 34.9 Å². The number of amides is 1. The van der Waals surface area contributed by atoms with Gasteiger partial charge in [-0.25, -0.2) is 17.6 Å². The molecule has 0 unspecified atom stereocenters. The highest BCUT2D eigenvalue weighted by molar-refractivity contribution is 6.08. The lowest BCUT2D eigenvalue weighted by atomic mass is 10.0. The predicted molar refractivity (Wildman–Crippen MR) is 103 cm³/mol. The van der Waals surface area contributed by atoms with Crippen molar-refractivity contribution in [1.82, 2.24) is 4.40 Å². The summed E-state index contributed by atoms with van der Waals surface area (Å²) in [5.74, 6) is -4.65. The Bertz CT molecular complexity index is 1350. The molecule has 0 atom stereocenters. The minimum Gasteiger partial charge on any atom is -0.317 e. The van der Waals surface area contributed by atoms with Gasteiger partial charge < -0.3 is 9.72 Å². The average Bonchev–Trinajstić information content (AvgIpc) is 2.70. The summed E-state index contributed by atoms with van der Waals surface area (Å²) in [6.07, 6.45) is 1.33. The van der Waals surface area contributed by atoms with Crippen molar-refractivity contribution in [3.63, 3.8) is 0 Å². The van der Waals surface area contributed by atoms with Gasteiger partial charge in [-0.1, -0.05) is 6.07 Å². The van der Waals surface area contributed by atoms with E-state index < -0.39 is 34.9 Å². The smallest absolute Gasteiger partial charge is 0.257 e. The van der Waals surface area contributed by atoms with Gasteiger partial charge >= 0.3 is 0 Å². The van der Waals surface area contributed by atoms with Gasteiger partial charge in [-0.3, -0.25) is 9.59 Å². The van der Waals surface area contributed by atoms with Gasteiger partial charge in [0.1, 0.15) is 29.0 Å². The molecular formula is C22H12F4N2O2. The lowest BCUT2D eigenvalue weighted by Crippen LogP contribution is -2.17. The number of rotatable bonds is 3. The van der Waals surface area contributed by atoms with Gasteiger partial charge in [0.15, 0.2) is 5.43 Å². The molecule has 1 N–H and O–H groups in total. The summed E-state index contributed by atoms with van der Waals surface area (Å²) < 4.78 is 57.3. The number of carbonyl (C=O) groups is 1. The number of aromatic nitrogens is 1. The van der Waals surface area contributed by atoms with Gasteiger partial charge in [-0.15, -0.1) is 0 Å². The zero-order chi connectivity index (χ0) is 21.4. The van der Waals surface area contributed by atoms with Crippen LogP contribution in [0.4, 0.5) is 23.2 Å². The molecule has 0 aliphatic heterocycles. The molecule has 2 heterocycles. The van der Waals surface area contributed by atoms with Gasteiger partial charge in [0.25, 0.3) is 5.91 Å². The van der Waals surface area contributed by atoms with Gasteiger partial charge in [0.05, 0.1) is 11.3 Å². The number of hydrogen-bond donors (Lipinski definition) is 1. The molecule has 150 valence electrons. The molecule has 4 nitrogen and oxygen atoms in total. The van der Waals surface area contributed by atoms with Crippen LogP contribution < -0.4 is 10.7 Å². The minimum absolute atomic E-state index is 0.0146. The van der Waals surface area contributed by atoms with Crippen molar-refractivity contribution in [2.24, 2.45) is 0 Å². The molecule has 2 aromatic heterocycles. The SMILES string of the molecule is O=C(Nc1c(F)cccc1F)c1ccc2cc(=O)ccn2c1-c1ccc(F)cc1F. The van der Waals surface area contributed by atoms with Crippen molar-refractivity contribution in [2.75, 3.05) is 5.32 Å². The Morgan fingerprint density at radius 3 is 2.27 bits per heavy atom. The molecule has 8 heteroatoms. The fourth-order valence-electron chi connectivity index (χ4n) is 3.14. The molecule has 1 amide bonds. The Kier molecular flexibility index (Phi) is 4.83. The average molecular weight is 412 g/mol. The summed E-state index contributed by atoms with van der Waals surface area (Å²) in [6, 6.07) is 11.1. The zero-order valence-corrected chi connectivity index (χ0v) is 15.1. The molecule has 0 saturated carbocycles. The number of nitrogens with zero attached hydrogens (tertiary/aromatic N) is 1. The summed E-state index contributed by atoms with van der Waals surface area (Å²) in [6.45, 7) is 0. The van der Waals surface area contributed by atoms with Crippen LogP contribution in [0.2, 0.25) is 0 Å². The molecule has 0 aliphatic carbocycles. The fourth-order valence-corrected chi connectivity index (χ4v) is 3.14. The number of carbonyl (C=O) groups excluding carboxylic acids is 1. The molecule has 0 radical (unpaired) electrons. The van der Waals surface area contributed by atoms with Gasteiger partial charge in [0, 0.05) is 35.5 Å². The second-order valence-corrected chi connectivity index (χ2v) is 6.43. The quantitative estimate of drug-likeness (QED) is 0.493. The number of nitrogens with one attached hydrogen (secondary N) is 1. The predicted octanol–water partition coefficient (Wildman–Crippen LogP) is 4.78. The van der Waals surface area contributed by atoms with Crippen molar-refractivity contribution in [2.45, 2.75) is 0 Å². The van der Waals surface area contributed by atoms with Crippen LogP contribution in [0.25, 0.3) is 16.8 Å². The van der Waals surface area contributed by atoms with Crippen LogP contribution in [0.3, 0.4) is 0 Å². The number of pyridine rings is 2. The van der Waals surface area contributed by atoms with Crippen LogP contribution in [0.1, 0.15) is 10.4 Å². The molecule has 0 fully saturated rings. The van der Waals surface area contributed by atoms with Crippen LogP contribution in [0.15, 0.2) is 71.7 Å². The third-order valence-corrected chi connectivity index (χ3v) is 4.51. The second kappa shape index (κ2) is 7.47. The zero-order valence-electron chi connectivity index (χ0n) is 15.1. The highest BCUT2D eigenvalue weighted by Gasteiger charge is 2.21. The molecule has 4 aromatic rings. The van der Waals surface area contributed by atoms with Crippen LogP contribution >= 0.6 is 0 Å². The Morgan fingerprint density at radius 2 is 1.57 bits per heavy atom. The lowest BCUT2D eigenvalue weighted by Gasteiger charge is -2.16. The van der Waals surface area contributed by atoms with E-state index in [9.17, 15) is 27.2 Å². The molecule has 4 rings (SSSR count).